The van der Waals surface area contributed by atoms with E-state index in [0.717, 1.165) is 39.6 Å². The average molecular weight is 592 g/mol. The van der Waals surface area contributed by atoms with E-state index in [-0.39, 0.29) is 5.91 Å². The molecule has 3 heterocycles. The normalized spacial score (nSPS) is 13.0. The molecule has 0 fully saturated rings. The van der Waals surface area contributed by atoms with Crippen molar-refractivity contribution >= 4 is 39.5 Å². The van der Waals surface area contributed by atoms with Gasteiger partial charge in [0.15, 0.2) is 6.10 Å². The highest BCUT2D eigenvalue weighted by molar-refractivity contribution is 6.09. The van der Waals surface area contributed by atoms with E-state index in [4.69, 9.17) is 19.4 Å². The molecule has 0 saturated heterocycles. The van der Waals surface area contributed by atoms with Gasteiger partial charge in [-0.1, -0.05) is 32.0 Å². The molecule has 6 rings (SSSR count). The van der Waals surface area contributed by atoms with Crippen LogP contribution in [0.25, 0.3) is 32.9 Å². The van der Waals surface area contributed by atoms with Gasteiger partial charge in [-0.3, -0.25) is 9.78 Å². The standard InChI is InChI=1S/C34H31N3O5.C2H6/c1-19-18-24-22(11-13-26(36-24)37-32(38)21-8-6-5-7-9-21)29(27(19)31(33(39)40)42-34(2,3)4)23-10-12-25-28-20(15-17-41-25)14-16-35-30(23)28;1-2/h5-14,16,18,31H,15,17H2,1-4H3,(H,39,40)(H,36,37,38);1-2H3. The van der Waals surface area contributed by atoms with Gasteiger partial charge in [0.1, 0.15) is 11.6 Å². The van der Waals surface area contributed by atoms with Crippen molar-refractivity contribution in [3.8, 4) is 16.9 Å². The van der Waals surface area contributed by atoms with Crippen molar-refractivity contribution in [2.24, 2.45) is 0 Å². The summed E-state index contributed by atoms with van der Waals surface area (Å²) in [5, 5.41) is 15.0. The maximum absolute atomic E-state index is 12.8. The van der Waals surface area contributed by atoms with Crippen molar-refractivity contribution in [2.75, 3.05) is 11.9 Å². The molecular formula is C36H37N3O5. The predicted octanol–water partition coefficient (Wildman–Crippen LogP) is 7.91. The maximum atomic E-state index is 12.8. The monoisotopic (exact) mass is 591 g/mol. The Kier molecular flexibility index (Phi) is 8.65. The molecule has 226 valence electrons. The summed E-state index contributed by atoms with van der Waals surface area (Å²) in [6.07, 6.45) is 1.29. The Balaban J connectivity index is 0.00000188. The Bertz CT molecular complexity index is 1850. The van der Waals surface area contributed by atoms with Crippen LogP contribution in [0.4, 0.5) is 5.82 Å². The Morgan fingerprint density at radius 3 is 2.48 bits per heavy atom. The number of benzene rings is 3. The summed E-state index contributed by atoms with van der Waals surface area (Å²) < 4.78 is 12.1. The molecule has 2 aromatic heterocycles. The van der Waals surface area contributed by atoms with Gasteiger partial charge in [-0.15, -0.1) is 0 Å². The number of aryl methyl sites for hydroxylation is 1. The van der Waals surface area contributed by atoms with Crippen molar-refractivity contribution in [3.05, 3.63) is 95.2 Å². The molecule has 1 aliphatic rings. The van der Waals surface area contributed by atoms with Gasteiger partial charge in [0.25, 0.3) is 5.91 Å². The highest BCUT2D eigenvalue weighted by Crippen LogP contribution is 2.45. The molecule has 1 amide bonds. The molecule has 8 nitrogen and oxygen atoms in total. The number of carbonyl (C=O) groups is 2. The minimum atomic E-state index is -1.25. The summed E-state index contributed by atoms with van der Waals surface area (Å²) in [7, 11) is 0. The molecule has 0 bridgehead atoms. The van der Waals surface area contributed by atoms with Gasteiger partial charge in [-0.2, -0.15) is 0 Å². The van der Waals surface area contributed by atoms with Gasteiger partial charge >= 0.3 is 5.97 Å². The number of anilines is 1. The fraction of sp³-hybridized carbons (Fsp3) is 0.278. The number of pyridine rings is 2. The zero-order valence-electron chi connectivity index (χ0n) is 25.9. The van der Waals surface area contributed by atoms with Crippen molar-refractivity contribution < 1.29 is 24.2 Å². The average Bonchev–Trinajstić information content (AvgIpc) is 3.01. The van der Waals surface area contributed by atoms with E-state index in [1.165, 1.54) is 0 Å². The molecule has 0 aliphatic carbocycles. The number of aromatic nitrogens is 2. The number of carbonyl (C=O) groups excluding carboxylic acids is 1. The highest BCUT2D eigenvalue weighted by atomic mass is 16.5. The van der Waals surface area contributed by atoms with E-state index in [1.807, 2.05) is 77.9 Å². The number of ether oxygens (including phenoxy) is 2. The van der Waals surface area contributed by atoms with Crippen LogP contribution in [0.15, 0.2) is 72.9 Å². The van der Waals surface area contributed by atoms with Crippen molar-refractivity contribution in [2.45, 2.75) is 59.7 Å². The topological polar surface area (TPSA) is 111 Å². The number of carboxylic acids is 1. The van der Waals surface area contributed by atoms with Crippen molar-refractivity contribution in [1.82, 2.24) is 9.97 Å². The molecule has 1 atom stereocenters. The van der Waals surface area contributed by atoms with E-state index in [1.54, 1.807) is 36.5 Å². The summed E-state index contributed by atoms with van der Waals surface area (Å²) in [5.74, 6) is -0.217. The van der Waals surface area contributed by atoms with Crippen LogP contribution in [0, 0.1) is 6.92 Å². The van der Waals surface area contributed by atoms with Crippen LogP contribution >= 0.6 is 0 Å². The second kappa shape index (κ2) is 12.4. The zero-order chi connectivity index (χ0) is 31.6. The minimum Gasteiger partial charge on any atom is -0.493 e. The molecule has 0 saturated carbocycles. The summed E-state index contributed by atoms with van der Waals surface area (Å²) in [6.45, 7) is 12.0. The summed E-state index contributed by atoms with van der Waals surface area (Å²) in [5.41, 5.74) is 4.93. The molecule has 1 aliphatic heterocycles. The third-order valence-electron chi connectivity index (χ3n) is 7.32. The number of hydrogen-bond donors (Lipinski definition) is 2. The smallest absolute Gasteiger partial charge is 0.337 e. The van der Waals surface area contributed by atoms with Crippen LogP contribution in [-0.2, 0) is 16.0 Å². The first-order valence-corrected chi connectivity index (χ1v) is 14.9. The van der Waals surface area contributed by atoms with Crippen LogP contribution in [0.2, 0.25) is 0 Å². The van der Waals surface area contributed by atoms with Crippen LogP contribution in [0.1, 0.15) is 67.8 Å². The quantitative estimate of drug-likeness (QED) is 0.206. The lowest BCUT2D eigenvalue weighted by Gasteiger charge is -2.29. The number of carboxylic acid groups (broad SMARTS) is 1. The fourth-order valence-corrected chi connectivity index (χ4v) is 5.59. The van der Waals surface area contributed by atoms with E-state index in [2.05, 4.69) is 5.32 Å². The number of fused-ring (bicyclic) bond motifs is 1. The maximum Gasteiger partial charge on any atom is 0.337 e. The molecule has 2 N–H and O–H groups in total. The van der Waals surface area contributed by atoms with Crippen LogP contribution in [-0.4, -0.2) is 39.2 Å². The van der Waals surface area contributed by atoms with Gasteiger partial charge < -0.3 is 19.9 Å². The Labute approximate surface area is 257 Å². The molecule has 5 aromatic rings. The van der Waals surface area contributed by atoms with Gasteiger partial charge in [0.05, 0.1) is 23.2 Å². The lowest BCUT2D eigenvalue weighted by molar-refractivity contribution is -0.160. The summed E-state index contributed by atoms with van der Waals surface area (Å²) in [4.78, 5) is 35.2. The van der Waals surface area contributed by atoms with Crippen molar-refractivity contribution in [1.29, 1.82) is 0 Å². The number of amides is 1. The Hall–Kier alpha value is -4.82. The number of rotatable bonds is 6. The minimum absolute atomic E-state index is 0.270. The number of nitrogens with one attached hydrogen (secondary N) is 1. The number of hydrogen-bond acceptors (Lipinski definition) is 6. The lowest BCUT2D eigenvalue weighted by atomic mass is 9.86. The zero-order valence-corrected chi connectivity index (χ0v) is 25.9. The molecular weight excluding hydrogens is 554 g/mol. The molecule has 8 heteroatoms. The second-order valence-electron chi connectivity index (χ2n) is 11.4. The molecule has 3 aromatic carbocycles. The van der Waals surface area contributed by atoms with Crippen LogP contribution < -0.4 is 10.1 Å². The third kappa shape index (κ3) is 5.98. The second-order valence-corrected chi connectivity index (χ2v) is 11.4. The van der Waals surface area contributed by atoms with Gasteiger partial charge in [-0.05, 0) is 92.9 Å². The van der Waals surface area contributed by atoms with Crippen LogP contribution in [0.5, 0.6) is 5.75 Å². The van der Waals surface area contributed by atoms with E-state index in [9.17, 15) is 14.7 Å². The SMILES string of the molecule is CC.Cc1cc2nc(NC(=O)c3ccccc3)ccc2c(-c2ccc3c4c(ccnc24)CCO3)c1C(OC(C)(C)C)C(=O)O. The predicted molar refractivity (Wildman–Crippen MR) is 173 cm³/mol. The summed E-state index contributed by atoms with van der Waals surface area (Å²) in [6, 6.07) is 20.2. The number of nitrogens with zero attached hydrogens (tertiary/aromatic N) is 2. The van der Waals surface area contributed by atoms with Crippen LogP contribution in [0.3, 0.4) is 0 Å². The first-order chi connectivity index (χ1) is 21.1. The van der Waals surface area contributed by atoms with E-state index in [0.29, 0.717) is 40.2 Å². The van der Waals surface area contributed by atoms with E-state index < -0.39 is 17.7 Å². The largest absolute Gasteiger partial charge is 0.493 e. The Morgan fingerprint density at radius 1 is 1.02 bits per heavy atom. The highest BCUT2D eigenvalue weighted by Gasteiger charge is 2.33. The summed E-state index contributed by atoms with van der Waals surface area (Å²) >= 11 is 0. The van der Waals surface area contributed by atoms with E-state index >= 15 is 0 Å². The van der Waals surface area contributed by atoms with Crippen molar-refractivity contribution in [3.63, 3.8) is 0 Å². The lowest BCUT2D eigenvalue weighted by Crippen LogP contribution is -2.28. The van der Waals surface area contributed by atoms with Gasteiger partial charge in [-0.25, -0.2) is 9.78 Å². The third-order valence-corrected chi connectivity index (χ3v) is 7.32. The number of aliphatic carboxylic acids is 1. The molecule has 44 heavy (non-hydrogen) atoms. The first-order valence-electron chi connectivity index (χ1n) is 14.9. The first kappa shape index (κ1) is 30.6. The molecule has 0 radical (unpaired) electrons. The Morgan fingerprint density at radius 2 is 1.77 bits per heavy atom. The van der Waals surface area contributed by atoms with Gasteiger partial charge in [0.2, 0.25) is 0 Å². The molecule has 0 spiro atoms. The molecule has 1 unspecified atom stereocenters. The fourth-order valence-electron chi connectivity index (χ4n) is 5.59. The van der Waals surface area contributed by atoms with Gasteiger partial charge in [0, 0.05) is 40.1 Å².